The molecule has 0 atom stereocenters. The SMILES string of the molecule is Cc1oc(C)c(C(=O)Nc2ccc(CCN)cc2)c1C. The van der Waals surface area contributed by atoms with Gasteiger partial charge in [0.25, 0.3) is 5.91 Å². The fraction of sp³-hybridized carbons (Fsp3) is 0.312. The molecule has 0 radical (unpaired) electrons. The van der Waals surface area contributed by atoms with Crippen molar-refractivity contribution in [2.45, 2.75) is 27.2 Å². The van der Waals surface area contributed by atoms with Gasteiger partial charge >= 0.3 is 0 Å². The van der Waals surface area contributed by atoms with Crippen molar-refractivity contribution < 1.29 is 9.21 Å². The number of furan rings is 1. The lowest BCUT2D eigenvalue weighted by Gasteiger charge is -2.06. The molecule has 1 aromatic carbocycles. The van der Waals surface area contributed by atoms with Crippen LogP contribution in [0.5, 0.6) is 0 Å². The third kappa shape index (κ3) is 2.91. The van der Waals surface area contributed by atoms with Crippen molar-refractivity contribution >= 4 is 11.6 Å². The van der Waals surface area contributed by atoms with Gasteiger partial charge in [-0.3, -0.25) is 4.79 Å². The zero-order valence-corrected chi connectivity index (χ0v) is 12.1. The molecular formula is C16H20N2O2. The summed E-state index contributed by atoms with van der Waals surface area (Å²) in [5, 5.41) is 2.89. The minimum atomic E-state index is -0.136. The largest absolute Gasteiger partial charge is 0.466 e. The highest BCUT2D eigenvalue weighted by Crippen LogP contribution is 2.22. The van der Waals surface area contributed by atoms with Gasteiger partial charge in [-0.1, -0.05) is 12.1 Å². The molecule has 2 aromatic rings. The molecule has 0 fully saturated rings. The number of benzene rings is 1. The lowest BCUT2D eigenvalue weighted by molar-refractivity contribution is 0.102. The quantitative estimate of drug-likeness (QED) is 0.899. The average Bonchev–Trinajstić information content (AvgIpc) is 2.66. The van der Waals surface area contributed by atoms with Gasteiger partial charge in [0.05, 0.1) is 5.56 Å². The summed E-state index contributed by atoms with van der Waals surface area (Å²) >= 11 is 0. The molecular weight excluding hydrogens is 252 g/mol. The second-order valence-electron chi connectivity index (χ2n) is 4.90. The Morgan fingerprint density at radius 1 is 1.15 bits per heavy atom. The molecule has 3 N–H and O–H groups in total. The summed E-state index contributed by atoms with van der Waals surface area (Å²) in [6, 6.07) is 7.73. The van der Waals surface area contributed by atoms with E-state index in [1.165, 1.54) is 0 Å². The number of aryl methyl sites for hydroxylation is 2. The Balaban J connectivity index is 2.15. The van der Waals surface area contributed by atoms with Gasteiger partial charge < -0.3 is 15.5 Å². The lowest BCUT2D eigenvalue weighted by atomic mass is 10.1. The highest BCUT2D eigenvalue weighted by molar-refractivity contribution is 6.06. The molecule has 4 nitrogen and oxygen atoms in total. The minimum absolute atomic E-state index is 0.136. The number of carbonyl (C=O) groups excluding carboxylic acids is 1. The molecule has 0 aliphatic heterocycles. The van der Waals surface area contributed by atoms with Gasteiger partial charge in [0.2, 0.25) is 0 Å². The highest BCUT2D eigenvalue weighted by atomic mass is 16.3. The molecule has 1 aromatic heterocycles. The van der Waals surface area contributed by atoms with E-state index in [-0.39, 0.29) is 5.91 Å². The van der Waals surface area contributed by atoms with E-state index in [1.54, 1.807) is 6.92 Å². The second kappa shape index (κ2) is 5.92. The predicted molar refractivity (Wildman–Crippen MR) is 80.1 cm³/mol. The fourth-order valence-electron chi connectivity index (χ4n) is 2.24. The van der Waals surface area contributed by atoms with Crippen molar-refractivity contribution in [1.82, 2.24) is 0 Å². The first-order valence-electron chi connectivity index (χ1n) is 6.70. The zero-order valence-electron chi connectivity index (χ0n) is 12.1. The van der Waals surface area contributed by atoms with Gasteiger partial charge in [-0.25, -0.2) is 0 Å². The number of rotatable bonds is 4. The lowest BCUT2D eigenvalue weighted by Crippen LogP contribution is -2.13. The van der Waals surface area contributed by atoms with Crippen molar-refractivity contribution in [1.29, 1.82) is 0 Å². The van der Waals surface area contributed by atoms with E-state index in [0.29, 0.717) is 17.9 Å². The van der Waals surface area contributed by atoms with Crippen molar-refractivity contribution in [2.24, 2.45) is 5.73 Å². The third-order valence-electron chi connectivity index (χ3n) is 3.43. The zero-order chi connectivity index (χ0) is 14.7. The van der Waals surface area contributed by atoms with Gasteiger partial charge in [-0.05, 0) is 51.4 Å². The molecule has 1 heterocycles. The van der Waals surface area contributed by atoms with E-state index in [9.17, 15) is 4.79 Å². The summed E-state index contributed by atoms with van der Waals surface area (Å²) < 4.78 is 5.48. The van der Waals surface area contributed by atoms with Crippen LogP contribution < -0.4 is 11.1 Å². The van der Waals surface area contributed by atoms with Crippen molar-refractivity contribution in [3.8, 4) is 0 Å². The van der Waals surface area contributed by atoms with Crippen molar-refractivity contribution in [3.05, 3.63) is 52.5 Å². The number of amides is 1. The average molecular weight is 272 g/mol. The Hall–Kier alpha value is -2.07. The van der Waals surface area contributed by atoms with Crippen LogP contribution in [0, 0.1) is 20.8 Å². The molecule has 106 valence electrons. The first-order valence-corrected chi connectivity index (χ1v) is 6.70. The fourth-order valence-corrected chi connectivity index (χ4v) is 2.24. The number of nitrogens with two attached hydrogens (primary N) is 1. The monoisotopic (exact) mass is 272 g/mol. The first kappa shape index (κ1) is 14.3. The van der Waals surface area contributed by atoms with E-state index < -0.39 is 0 Å². The van der Waals surface area contributed by atoms with E-state index in [2.05, 4.69) is 5.32 Å². The van der Waals surface area contributed by atoms with Gasteiger partial charge in [0, 0.05) is 11.3 Å². The Morgan fingerprint density at radius 3 is 2.30 bits per heavy atom. The van der Waals surface area contributed by atoms with Crippen LogP contribution in [0.25, 0.3) is 0 Å². The Labute approximate surface area is 119 Å². The van der Waals surface area contributed by atoms with Gasteiger partial charge in [0.15, 0.2) is 0 Å². The topological polar surface area (TPSA) is 68.3 Å². The van der Waals surface area contributed by atoms with Crippen LogP contribution >= 0.6 is 0 Å². The van der Waals surface area contributed by atoms with Crippen LogP contribution in [-0.2, 0) is 6.42 Å². The maximum atomic E-state index is 12.3. The summed E-state index contributed by atoms with van der Waals surface area (Å²) in [6.45, 7) is 6.18. The number of anilines is 1. The van der Waals surface area contributed by atoms with Crippen LogP contribution in [0.15, 0.2) is 28.7 Å². The first-order chi connectivity index (χ1) is 9.52. The van der Waals surface area contributed by atoms with E-state index >= 15 is 0 Å². The molecule has 0 saturated heterocycles. The number of carbonyl (C=O) groups is 1. The van der Waals surface area contributed by atoms with Gasteiger partial charge in [-0.2, -0.15) is 0 Å². The smallest absolute Gasteiger partial charge is 0.259 e. The van der Waals surface area contributed by atoms with Crippen LogP contribution in [-0.4, -0.2) is 12.5 Å². The molecule has 4 heteroatoms. The Morgan fingerprint density at radius 2 is 1.80 bits per heavy atom. The predicted octanol–water partition coefficient (Wildman–Crippen LogP) is 2.96. The van der Waals surface area contributed by atoms with Gasteiger partial charge in [-0.15, -0.1) is 0 Å². The summed E-state index contributed by atoms with van der Waals surface area (Å²) in [4.78, 5) is 12.3. The minimum Gasteiger partial charge on any atom is -0.466 e. The maximum Gasteiger partial charge on any atom is 0.259 e. The second-order valence-corrected chi connectivity index (χ2v) is 4.90. The van der Waals surface area contributed by atoms with Crippen LogP contribution in [0.4, 0.5) is 5.69 Å². The summed E-state index contributed by atoms with van der Waals surface area (Å²) in [7, 11) is 0. The van der Waals surface area contributed by atoms with E-state index in [4.69, 9.17) is 10.2 Å². The normalized spacial score (nSPS) is 10.6. The summed E-state index contributed by atoms with van der Waals surface area (Å²) in [5.74, 6) is 1.30. The number of hydrogen-bond acceptors (Lipinski definition) is 3. The molecule has 0 aliphatic carbocycles. The molecule has 20 heavy (non-hydrogen) atoms. The molecule has 0 unspecified atom stereocenters. The van der Waals surface area contributed by atoms with Crippen LogP contribution in [0.1, 0.15) is 33.0 Å². The van der Waals surface area contributed by atoms with Crippen LogP contribution in [0.3, 0.4) is 0 Å². The molecule has 0 bridgehead atoms. The summed E-state index contributed by atoms with van der Waals surface area (Å²) in [5.41, 5.74) is 8.95. The van der Waals surface area contributed by atoms with Crippen molar-refractivity contribution in [2.75, 3.05) is 11.9 Å². The van der Waals surface area contributed by atoms with Crippen LogP contribution in [0.2, 0.25) is 0 Å². The Bertz CT molecular complexity index is 612. The Kier molecular flexibility index (Phi) is 4.25. The summed E-state index contributed by atoms with van der Waals surface area (Å²) in [6.07, 6.45) is 0.841. The number of nitrogens with one attached hydrogen (secondary N) is 1. The van der Waals surface area contributed by atoms with E-state index in [0.717, 1.165) is 29.0 Å². The molecule has 0 saturated carbocycles. The highest BCUT2D eigenvalue weighted by Gasteiger charge is 2.18. The maximum absolute atomic E-state index is 12.3. The third-order valence-corrected chi connectivity index (χ3v) is 3.43. The number of hydrogen-bond donors (Lipinski definition) is 2. The van der Waals surface area contributed by atoms with Gasteiger partial charge in [0.1, 0.15) is 11.5 Å². The standard InChI is InChI=1S/C16H20N2O2/c1-10-11(2)20-12(3)15(10)16(19)18-14-6-4-13(5-7-14)8-9-17/h4-7H,8-9,17H2,1-3H3,(H,18,19). The van der Waals surface area contributed by atoms with E-state index in [1.807, 2.05) is 38.1 Å². The molecule has 0 spiro atoms. The molecule has 2 rings (SSSR count). The molecule has 0 aliphatic rings. The molecule has 1 amide bonds. The van der Waals surface area contributed by atoms with Crippen molar-refractivity contribution in [3.63, 3.8) is 0 Å².